The average molecular weight is 297 g/mol. The molecule has 0 aliphatic heterocycles. The first-order valence-corrected chi connectivity index (χ1v) is 8.06. The zero-order chi connectivity index (χ0) is 15.5. The number of H-pyrrole nitrogens is 1. The molecule has 1 heterocycles. The first-order valence-electron chi connectivity index (χ1n) is 8.06. The van der Waals surface area contributed by atoms with Crippen molar-refractivity contribution in [3.05, 3.63) is 107 Å². The van der Waals surface area contributed by atoms with Gasteiger partial charge in [0.05, 0.1) is 0 Å². The molecular weight excluding hydrogens is 278 g/mol. The Hall–Kier alpha value is -2.80. The molecule has 3 aromatic carbocycles. The zero-order valence-electron chi connectivity index (χ0n) is 13.0. The number of rotatable bonds is 4. The van der Waals surface area contributed by atoms with Crippen LogP contribution in [0.3, 0.4) is 0 Å². The van der Waals surface area contributed by atoms with E-state index < -0.39 is 0 Å². The number of benzene rings is 3. The number of aromatic amines is 1. The maximum absolute atomic E-state index is 3.63. The van der Waals surface area contributed by atoms with Crippen LogP contribution in [-0.4, -0.2) is 4.98 Å². The first kappa shape index (κ1) is 13.8. The molecule has 0 spiro atoms. The van der Waals surface area contributed by atoms with Crippen LogP contribution in [0, 0.1) is 0 Å². The number of hydrogen-bond acceptors (Lipinski definition) is 0. The smallest absolute Gasteiger partial charge is 0.0459 e. The third-order valence-electron chi connectivity index (χ3n) is 4.35. The highest BCUT2D eigenvalue weighted by molar-refractivity contribution is 5.85. The van der Waals surface area contributed by atoms with Gasteiger partial charge >= 0.3 is 0 Å². The second-order valence-electron chi connectivity index (χ2n) is 5.95. The molecule has 0 saturated heterocycles. The summed E-state index contributed by atoms with van der Waals surface area (Å²) in [7, 11) is 0. The molecule has 0 saturated carbocycles. The van der Waals surface area contributed by atoms with E-state index in [-0.39, 0.29) is 0 Å². The van der Waals surface area contributed by atoms with Crippen LogP contribution in [-0.2, 0) is 12.8 Å². The fourth-order valence-corrected chi connectivity index (χ4v) is 3.21. The fraction of sp³-hybridized carbons (Fsp3) is 0.0909. The molecule has 0 aliphatic rings. The third-order valence-corrected chi connectivity index (χ3v) is 4.35. The molecule has 0 bridgehead atoms. The first-order chi connectivity index (χ1) is 11.4. The maximum atomic E-state index is 3.63. The van der Waals surface area contributed by atoms with Crippen molar-refractivity contribution in [2.75, 3.05) is 0 Å². The summed E-state index contributed by atoms with van der Waals surface area (Å²) in [6, 6.07) is 30.0. The van der Waals surface area contributed by atoms with E-state index >= 15 is 0 Å². The van der Waals surface area contributed by atoms with Gasteiger partial charge in [0.25, 0.3) is 0 Å². The summed E-state index contributed by atoms with van der Waals surface area (Å²) in [6.07, 6.45) is 1.91. The van der Waals surface area contributed by atoms with Gasteiger partial charge in [-0.3, -0.25) is 0 Å². The van der Waals surface area contributed by atoms with Crippen LogP contribution in [0.1, 0.15) is 22.4 Å². The third kappa shape index (κ3) is 2.91. The topological polar surface area (TPSA) is 15.8 Å². The van der Waals surface area contributed by atoms with Gasteiger partial charge in [0.15, 0.2) is 0 Å². The van der Waals surface area contributed by atoms with Gasteiger partial charge in [-0.1, -0.05) is 78.9 Å². The van der Waals surface area contributed by atoms with Crippen molar-refractivity contribution in [2.45, 2.75) is 12.8 Å². The molecule has 23 heavy (non-hydrogen) atoms. The molecule has 112 valence electrons. The van der Waals surface area contributed by atoms with Crippen LogP contribution >= 0.6 is 0 Å². The Balaban J connectivity index is 1.78. The molecule has 4 aromatic rings. The lowest BCUT2D eigenvalue weighted by molar-refractivity contribution is 1.06. The highest BCUT2D eigenvalue weighted by Gasteiger charge is 2.12. The molecule has 1 heteroatoms. The zero-order valence-corrected chi connectivity index (χ0v) is 13.0. The highest BCUT2D eigenvalue weighted by atomic mass is 14.7. The molecule has 0 aliphatic carbocycles. The molecular formula is C22H19N. The van der Waals surface area contributed by atoms with E-state index in [0.29, 0.717) is 0 Å². The van der Waals surface area contributed by atoms with Crippen LogP contribution in [0.2, 0.25) is 0 Å². The second-order valence-corrected chi connectivity index (χ2v) is 5.95. The van der Waals surface area contributed by atoms with Gasteiger partial charge in [0.1, 0.15) is 0 Å². The van der Waals surface area contributed by atoms with Gasteiger partial charge in [-0.25, -0.2) is 0 Å². The summed E-state index contributed by atoms with van der Waals surface area (Å²) in [6.45, 7) is 0. The number of para-hydroxylation sites is 1. The van der Waals surface area contributed by atoms with Crippen LogP contribution in [0.5, 0.6) is 0 Å². The van der Waals surface area contributed by atoms with Crippen molar-refractivity contribution in [2.24, 2.45) is 0 Å². The maximum Gasteiger partial charge on any atom is 0.0459 e. The van der Waals surface area contributed by atoms with Crippen molar-refractivity contribution in [3.8, 4) is 0 Å². The largest absolute Gasteiger partial charge is 0.358 e. The quantitative estimate of drug-likeness (QED) is 0.522. The summed E-state index contributed by atoms with van der Waals surface area (Å²) in [4.78, 5) is 3.63. The lowest BCUT2D eigenvalue weighted by Crippen LogP contribution is -1.95. The molecule has 0 radical (unpaired) electrons. The van der Waals surface area contributed by atoms with Crippen molar-refractivity contribution in [1.82, 2.24) is 4.98 Å². The summed E-state index contributed by atoms with van der Waals surface area (Å²) >= 11 is 0. The Morgan fingerprint density at radius 2 is 1.13 bits per heavy atom. The van der Waals surface area contributed by atoms with Crippen molar-refractivity contribution in [1.29, 1.82) is 0 Å². The Kier molecular flexibility index (Phi) is 3.69. The van der Waals surface area contributed by atoms with Gasteiger partial charge in [-0.05, 0) is 29.2 Å². The Morgan fingerprint density at radius 1 is 0.565 bits per heavy atom. The van der Waals surface area contributed by atoms with Crippen LogP contribution in [0.4, 0.5) is 0 Å². The molecule has 0 atom stereocenters. The summed E-state index contributed by atoms with van der Waals surface area (Å²) < 4.78 is 0. The van der Waals surface area contributed by atoms with Gasteiger partial charge in [-0.15, -0.1) is 0 Å². The predicted octanol–water partition coefficient (Wildman–Crippen LogP) is 5.35. The summed E-state index contributed by atoms with van der Waals surface area (Å²) in [5.41, 5.74) is 6.65. The summed E-state index contributed by atoms with van der Waals surface area (Å²) in [5.74, 6) is 0. The molecule has 4 rings (SSSR count). The standard InChI is InChI=1S/C22H19N/c1-3-9-17(10-4-1)15-20-19-13-7-8-14-21(19)23-22(20)16-18-11-5-2-6-12-18/h1-14,23H,15-16H2. The minimum Gasteiger partial charge on any atom is -0.358 e. The fourth-order valence-electron chi connectivity index (χ4n) is 3.21. The minimum atomic E-state index is 0.942. The normalized spacial score (nSPS) is 11.0. The molecule has 1 aromatic heterocycles. The van der Waals surface area contributed by atoms with Crippen LogP contribution in [0.25, 0.3) is 10.9 Å². The molecule has 1 N–H and O–H groups in total. The Bertz CT molecular complexity index is 905. The van der Waals surface area contributed by atoms with Crippen molar-refractivity contribution >= 4 is 10.9 Å². The van der Waals surface area contributed by atoms with E-state index in [1.54, 1.807) is 0 Å². The van der Waals surface area contributed by atoms with Crippen LogP contribution in [0.15, 0.2) is 84.9 Å². The SMILES string of the molecule is c1ccc(Cc2[nH]c3ccccc3c2Cc2ccccc2)cc1. The molecule has 0 unspecified atom stereocenters. The number of hydrogen-bond donors (Lipinski definition) is 1. The van der Waals surface area contributed by atoms with E-state index in [4.69, 9.17) is 0 Å². The molecule has 0 amide bonds. The Labute approximate surface area is 136 Å². The van der Waals surface area contributed by atoms with Gasteiger partial charge in [-0.2, -0.15) is 0 Å². The predicted molar refractivity (Wildman–Crippen MR) is 96.8 cm³/mol. The Morgan fingerprint density at radius 3 is 1.83 bits per heavy atom. The van der Waals surface area contributed by atoms with Gasteiger partial charge in [0, 0.05) is 23.0 Å². The van der Waals surface area contributed by atoms with Crippen molar-refractivity contribution in [3.63, 3.8) is 0 Å². The number of nitrogens with one attached hydrogen (secondary N) is 1. The van der Waals surface area contributed by atoms with E-state index in [0.717, 1.165) is 12.8 Å². The van der Waals surface area contributed by atoms with Gasteiger partial charge in [0.2, 0.25) is 0 Å². The van der Waals surface area contributed by atoms with E-state index in [1.807, 2.05) is 0 Å². The second kappa shape index (κ2) is 6.13. The molecule has 0 fully saturated rings. The number of aromatic nitrogens is 1. The lowest BCUT2D eigenvalue weighted by Gasteiger charge is -2.06. The minimum absolute atomic E-state index is 0.942. The van der Waals surface area contributed by atoms with E-state index in [2.05, 4.69) is 89.9 Å². The molecule has 1 nitrogen and oxygen atoms in total. The number of fused-ring (bicyclic) bond motifs is 1. The van der Waals surface area contributed by atoms with E-state index in [9.17, 15) is 0 Å². The van der Waals surface area contributed by atoms with E-state index in [1.165, 1.54) is 33.3 Å². The monoisotopic (exact) mass is 297 g/mol. The summed E-state index contributed by atoms with van der Waals surface area (Å²) in [5, 5.41) is 1.34. The van der Waals surface area contributed by atoms with Crippen molar-refractivity contribution < 1.29 is 0 Å². The lowest BCUT2D eigenvalue weighted by atomic mass is 9.99. The highest BCUT2D eigenvalue weighted by Crippen LogP contribution is 2.26. The average Bonchev–Trinajstić information content (AvgIpc) is 2.94. The van der Waals surface area contributed by atoms with Crippen LogP contribution < -0.4 is 0 Å². The van der Waals surface area contributed by atoms with Gasteiger partial charge < -0.3 is 4.98 Å².